The van der Waals surface area contributed by atoms with Crippen LogP contribution in [0, 0.1) is 0 Å². The molecule has 0 aromatic heterocycles. The third-order valence-corrected chi connectivity index (χ3v) is 10.5. The number of amides is 1. The van der Waals surface area contributed by atoms with E-state index >= 15 is 0 Å². The lowest BCUT2D eigenvalue weighted by atomic mass is 9.80. The molecular weight excluding hydrogens is 783 g/mol. The molecule has 310 valence electrons. The third kappa shape index (κ3) is 10.9. The van der Waals surface area contributed by atoms with Crippen LogP contribution in [0.1, 0.15) is 50.8 Å². The predicted molar refractivity (Wildman–Crippen MR) is 212 cm³/mol. The molecule has 14 nitrogen and oxygen atoms in total. The van der Waals surface area contributed by atoms with Crippen LogP contribution in [0.5, 0.6) is 0 Å². The summed E-state index contributed by atoms with van der Waals surface area (Å²) >= 11 is 0.917. The van der Waals surface area contributed by atoms with Crippen LogP contribution in [0.4, 0.5) is 4.79 Å². The lowest BCUT2D eigenvalue weighted by Gasteiger charge is -2.48. The Morgan fingerprint density at radius 3 is 1.64 bits per heavy atom. The van der Waals surface area contributed by atoms with E-state index in [4.69, 9.17) is 33.2 Å². The Morgan fingerprint density at radius 2 is 1.20 bits per heavy atom. The molecule has 1 fully saturated rings. The van der Waals surface area contributed by atoms with E-state index in [1.165, 1.54) is 0 Å². The van der Waals surface area contributed by atoms with Gasteiger partial charge in [0.1, 0.15) is 18.8 Å². The Morgan fingerprint density at radius 1 is 0.712 bits per heavy atom. The number of methoxy groups -OCH3 is 1. The van der Waals surface area contributed by atoms with Crippen LogP contribution in [-0.4, -0.2) is 85.0 Å². The minimum Gasteiger partial charge on any atom is -0.466 e. The first-order chi connectivity index (χ1) is 28.3. The fourth-order valence-corrected chi connectivity index (χ4v) is 8.19. The largest absolute Gasteiger partial charge is 0.466 e. The number of alkyl carbamates (subject to hydrolysis) is 1. The second kappa shape index (κ2) is 20.0. The van der Waals surface area contributed by atoms with Crippen molar-refractivity contribution >= 4 is 47.7 Å². The second-order valence-electron chi connectivity index (χ2n) is 13.5. The number of carbonyl (C=O) groups excluding carboxylic acids is 6. The van der Waals surface area contributed by atoms with Gasteiger partial charge in [0.05, 0.1) is 13.2 Å². The maximum absolute atomic E-state index is 14.8. The van der Waals surface area contributed by atoms with Gasteiger partial charge in [0.2, 0.25) is 4.93 Å². The van der Waals surface area contributed by atoms with Crippen molar-refractivity contribution in [2.24, 2.45) is 0 Å². The molecule has 15 heteroatoms. The molecule has 4 aromatic rings. The Bertz CT molecular complexity index is 1970. The first kappa shape index (κ1) is 43.9. The number of thioether (sulfide) groups is 1. The lowest BCUT2D eigenvalue weighted by Crippen LogP contribution is -2.68. The van der Waals surface area contributed by atoms with Gasteiger partial charge in [-0.15, -0.1) is 0 Å². The first-order valence-corrected chi connectivity index (χ1v) is 19.4. The van der Waals surface area contributed by atoms with Gasteiger partial charge in [0.15, 0.2) is 17.8 Å². The van der Waals surface area contributed by atoms with Gasteiger partial charge in [-0.1, -0.05) is 121 Å². The van der Waals surface area contributed by atoms with Crippen molar-refractivity contribution in [3.63, 3.8) is 0 Å². The minimum absolute atomic E-state index is 0.406. The number of esters is 5. The van der Waals surface area contributed by atoms with E-state index < -0.39 is 90.0 Å². The molecule has 0 radical (unpaired) electrons. The summed E-state index contributed by atoms with van der Waals surface area (Å²) in [6, 6.07) is 34.3. The van der Waals surface area contributed by atoms with E-state index in [0.717, 1.165) is 46.6 Å². The predicted octanol–water partition coefficient (Wildman–Crippen LogP) is 5.88. The smallest absolute Gasteiger partial charge is 0.409 e. The van der Waals surface area contributed by atoms with E-state index in [0.29, 0.717) is 21.6 Å². The zero-order valence-corrected chi connectivity index (χ0v) is 33.9. The van der Waals surface area contributed by atoms with E-state index in [9.17, 15) is 28.8 Å². The topological polar surface area (TPSA) is 179 Å². The molecule has 0 bridgehead atoms. The lowest BCUT2D eigenvalue weighted by molar-refractivity contribution is -0.223. The van der Waals surface area contributed by atoms with Gasteiger partial charge in [-0.05, 0) is 12.1 Å². The zero-order valence-electron chi connectivity index (χ0n) is 33.1. The Labute approximate surface area is 345 Å². The number of ether oxygens (including phenoxy) is 7. The summed E-state index contributed by atoms with van der Waals surface area (Å²) in [7, 11) is 1.14. The molecule has 1 saturated heterocycles. The van der Waals surface area contributed by atoms with Gasteiger partial charge >= 0.3 is 35.9 Å². The highest BCUT2D eigenvalue weighted by molar-refractivity contribution is 8.01. The van der Waals surface area contributed by atoms with Crippen molar-refractivity contribution in [2.75, 3.05) is 13.7 Å². The van der Waals surface area contributed by atoms with Gasteiger partial charge in [0, 0.05) is 55.7 Å². The summed E-state index contributed by atoms with van der Waals surface area (Å²) < 4.78 is 41.0. The van der Waals surface area contributed by atoms with Crippen LogP contribution in [0.25, 0.3) is 0 Å². The Hall–Kier alpha value is -6.19. The van der Waals surface area contributed by atoms with Crippen LogP contribution >= 0.6 is 11.8 Å². The zero-order chi connectivity index (χ0) is 42.6. The number of rotatable bonds is 15. The Balaban J connectivity index is 1.70. The van der Waals surface area contributed by atoms with Crippen LogP contribution in [0.3, 0.4) is 0 Å². The summed E-state index contributed by atoms with van der Waals surface area (Å²) in [5, 5.41) is 2.81. The fourth-order valence-electron chi connectivity index (χ4n) is 6.95. The quantitative estimate of drug-likeness (QED) is 0.0853. The summed E-state index contributed by atoms with van der Waals surface area (Å²) in [6.45, 7) is 3.78. The first-order valence-electron chi connectivity index (χ1n) is 18.6. The van der Waals surface area contributed by atoms with Gasteiger partial charge in [0.25, 0.3) is 0 Å². The number of hydrogen-bond acceptors (Lipinski definition) is 14. The monoisotopic (exact) mass is 827 g/mol. The van der Waals surface area contributed by atoms with Crippen LogP contribution in [-0.2, 0) is 62.7 Å². The van der Waals surface area contributed by atoms with Crippen LogP contribution in [0.2, 0.25) is 0 Å². The summed E-state index contributed by atoms with van der Waals surface area (Å²) in [4.78, 5) is 77.7. The molecule has 1 heterocycles. The van der Waals surface area contributed by atoms with Crippen molar-refractivity contribution in [1.82, 2.24) is 5.32 Å². The van der Waals surface area contributed by atoms with Crippen molar-refractivity contribution in [2.45, 2.75) is 80.0 Å². The molecule has 0 aliphatic carbocycles. The highest BCUT2D eigenvalue weighted by Gasteiger charge is 2.59. The highest BCUT2D eigenvalue weighted by atomic mass is 32.2. The Kier molecular flexibility index (Phi) is 14.9. The number of carbonyl (C=O) groups is 6. The van der Waals surface area contributed by atoms with Gasteiger partial charge in [-0.3, -0.25) is 19.2 Å². The van der Waals surface area contributed by atoms with Gasteiger partial charge in [-0.25, -0.2) is 9.59 Å². The molecule has 0 spiro atoms. The van der Waals surface area contributed by atoms with Gasteiger partial charge in [-0.2, -0.15) is 0 Å². The molecule has 1 aliphatic heterocycles. The molecule has 5 rings (SSSR count). The van der Waals surface area contributed by atoms with Crippen molar-refractivity contribution in [3.05, 3.63) is 138 Å². The molecule has 4 aromatic carbocycles. The number of hydrogen-bond donors (Lipinski definition) is 1. The van der Waals surface area contributed by atoms with Crippen LogP contribution < -0.4 is 5.32 Å². The maximum Gasteiger partial charge on any atom is 0.409 e. The van der Waals surface area contributed by atoms with E-state index in [1.54, 1.807) is 66.7 Å². The summed E-state index contributed by atoms with van der Waals surface area (Å²) in [5.41, 5.74) is 0.176. The van der Waals surface area contributed by atoms with E-state index in [-0.39, 0.29) is 0 Å². The minimum atomic E-state index is -2.04. The molecule has 59 heavy (non-hydrogen) atoms. The fraction of sp³-hybridized carbons (Fsp3) is 0.318. The SMILES string of the molecule is COC(=O)[C@@]1(Sc2ccccc2)C[C@H](OC(C)=O)[C@@H](NC(=O)OC(c2ccccc2)(c2ccccc2)c2ccccc2)[C@H]([C@H](OC(C)=O)[C@@H](COC(C)=O)OC(C)=O)O1. The van der Waals surface area contributed by atoms with Crippen LogP contribution in [0.15, 0.2) is 126 Å². The average Bonchev–Trinajstić information content (AvgIpc) is 3.22. The maximum atomic E-state index is 14.8. The number of benzene rings is 4. The molecular formula is C44H45NO13S. The molecule has 6 atom stereocenters. The van der Waals surface area contributed by atoms with Crippen molar-refractivity contribution in [3.8, 4) is 0 Å². The van der Waals surface area contributed by atoms with Crippen molar-refractivity contribution in [1.29, 1.82) is 0 Å². The molecule has 0 unspecified atom stereocenters. The average molecular weight is 828 g/mol. The third-order valence-electron chi connectivity index (χ3n) is 9.22. The normalized spacial score (nSPS) is 19.8. The second-order valence-corrected chi connectivity index (χ2v) is 14.8. The van der Waals surface area contributed by atoms with E-state index in [1.807, 2.05) is 54.6 Å². The molecule has 1 amide bonds. The summed E-state index contributed by atoms with van der Waals surface area (Å²) in [6.07, 6.45) is -7.86. The molecule has 1 aliphatic rings. The highest BCUT2D eigenvalue weighted by Crippen LogP contribution is 2.46. The van der Waals surface area contributed by atoms with E-state index in [2.05, 4.69) is 5.32 Å². The molecule has 0 saturated carbocycles. The van der Waals surface area contributed by atoms with Gasteiger partial charge < -0.3 is 38.5 Å². The summed E-state index contributed by atoms with van der Waals surface area (Å²) in [5.74, 6) is -4.23. The van der Waals surface area contributed by atoms with Crippen molar-refractivity contribution < 1.29 is 61.9 Å². The molecule has 1 N–H and O–H groups in total. The standard InChI is InChI=1S/C44H45NO13S/c1-28(46)53-27-37(55-30(3)48)39(56-31(4)49)40-38(36(54-29(2)47)26-43(57-40,41(50)52-5)59-35-24-16-9-17-25-35)45-42(51)58-44(32-18-10-6-11-19-32,33-20-12-7-13-21-33)34-22-14-8-15-23-34/h6-25,36-40H,26-27H2,1-5H3,(H,45,51)/t36-,37+,38+,39+,40+,43-/m0/s1. The number of nitrogens with one attached hydrogen (secondary N) is 1.